The van der Waals surface area contributed by atoms with Gasteiger partial charge in [-0.15, -0.1) is 0 Å². The smallest absolute Gasteiger partial charge is 0.361 e. The highest BCUT2D eigenvalue weighted by Crippen LogP contribution is 2.34. The van der Waals surface area contributed by atoms with E-state index in [9.17, 15) is 0 Å². The number of nitrogen functional groups attached to an aromatic ring is 1. The number of benzene rings is 3. The minimum Gasteiger partial charge on any atom is -0.493 e. The molecule has 0 bridgehead atoms. The first-order valence-electron chi connectivity index (χ1n) is 9.92. The predicted molar refractivity (Wildman–Crippen MR) is 149 cm³/mol. The average molecular weight is 727 g/mol. The van der Waals surface area contributed by atoms with E-state index < -0.39 is 0 Å². The van der Waals surface area contributed by atoms with Crippen LogP contribution in [0.2, 0.25) is 10.0 Å². The lowest BCUT2D eigenvalue weighted by Crippen LogP contribution is -2.39. The molecule has 178 valence electrons. The van der Waals surface area contributed by atoms with E-state index in [1.165, 1.54) is 0 Å². The van der Waals surface area contributed by atoms with Crippen molar-refractivity contribution in [3.05, 3.63) is 65.7 Å². The summed E-state index contributed by atoms with van der Waals surface area (Å²) in [6.45, 7) is 0.239. The SMILES string of the molecule is COc1cc2c(cc1OC)[n+](COc1cccc(I)c1Cl)c(N)n2COc1cccc(I)c1Cl. The van der Waals surface area contributed by atoms with E-state index in [-0.39, 0.29) is 13.5 Å². The summed E-state index contributed by atoms with van der Waals surface area (Å²) in [6, 6.07) is 14.9. The van der Waals surface area contributed by atoms with Gasteiger partial charge in [-0.1, -0.05) is 35.3 Å². The van der Waals surface area contributed by atoms with Crippen molar-refractivity contribution >= 4 is 85.4 Å². The van der Waals surface area contributed by atoms with Crippen LogP contribution < -0.4 is 29.2 Å². The van der Waals surface area contributed by atoms with E-state index in [1.54, 1.807) is 14.2 Å². The Bertz CT molecular complexity index is 1260. The highest BCUT2D eigenvalue weighted by atomic mass is 127. The lowest BCUT2D eigenvalue weighted by Gasteiger charge is -2.09. The summed E-state index contributed by atoms with van der Waals surface area (Å²) < 4.78 is 28.5. The molecule has 11 heteroatoms. The highest BCUT2D eigenvalue weighted by Gasteiger charge is 2.25. The van der Waals surface area contributed by atoms with Crippen molar-refractivity contribution < 1.29 is 23.5 Å². The van der Waals surface area contributed by atoms with Crippen molar-refractivity contribution in [3.8, 4) is 23.0 Å². The quantitative estimate of drug-likeness (QED) is 0.175. The summed E-state index contributed by atoms with van der Waals surface area (Å²) >= 11 is 17.1. The molecule has 0 fully saturated rings. The molecule has 0 amide bonds. The first-order valence-corrected chi connectivity index (χ1v) is 12.8. The van der Waals surface area contributed by atoms with Crippen molar-refractivity contribution in [2.24, 2.45) is 0 Å². The molecular formula is C23H20Cl2I2N3O4+. The summed E-state index contributed by atoms with van der Waals surface area (Å²) in [7, 11) is 3.16. The maximum absolute atomic E-state index is 6.58. The number of fused-ring (bicyclic) bond motifs is 1. The fourth-order valence-electron chi connectivity index (χ4n) is 3.41. The van der Waals surface area contributed by atoms with E-state index in [4.69, 9.17) is 47.9 Å². The maximum atomic E-state index is 6.58. The van der Waals surface area contributed by atoms with Crippen LogP contribution in [0.5, 0.6) is 23.0 Å². The van der Waals surface area contributed by atoms with Gasteiger partial charge in [0.25, 0.3) is 0 Å². The Balaban J connectivity index is 1.76. The second-order valence-corrected chi connectivity index (χ2v) is 10.1. The number of hydrogen-bond acceptors (Lipinski definition) is 5. The minimum absolute atomic E-state index is 0.120. The van der Waals surface area contributed by atoms with Crippen LogP contribution in [-0.2, 0) is 13.5 Å². The molecular weight excluding hydrogens is 707 g/mol. The van der Waals surface area contributed by atoms with Crippen LogP contribution in [0.15, 0.2) is 48.5 Å². The number of nitrogens with two attached hydrogens (primary N) is 1. The van der Waals surface area contributed by atoms with Gasteiger partial charge in [0.15, 0.2) is 11.5 Å². The van der Waals surface area contributed by atoms with Crippen LogP contribution >= 0.6 is 68.4 Å². The first-order chi connectivity index (χ1) is 16.3. The molecule has 0 saturated heterocycles. The Labute approximate surface area is 233 Å². The van der Waals surface area contributed by atoms with Gasteiger partial charge in [0, 0.05) is 19.3 Å². The molecule has 3 aromatic carbocycles. The van der Waals surface area contributed by atoms with Gasteiger partial charge in [-0.2, -0.15) is 9.13 Å². The van der Waals surface area contributed by atoms with E-state index in [1.807, 2.05) is 57.7 Å². The largest absolute Gasteiger partial charge is 0.493 e. The summed E-state index contributed by atoms with van der Waals surface area (Å²) in [6.07, 6.45) is 0. The molecule has 0 spiro atoms. The molecule has 0 aliphatic heterocycles. The van der Waals surface area contributed by atoms with Crippen molar-refractivity contribution in [2.45, 2.75) is 13.5 Å². The van der Waals surface area contributed by atoms with Gasteiger partial charge in [0.1, 0.15) is 22.5 Å². The van der Waals surface area contributed by atoms with Crippen LogP contribution in [0.1, 0.15) is 0 Å². The van der Waals surface area contributed by atoms with Gasteiger partial charge in [0.05, 0.1) is 24.3 Å². The number of imidazole rings is 1. The lowest BCUT2D eigenvalue weighted by atomic mass is 10.2. The molecule has 0 radical (unpaired) electrons. The maximum Gasteiger partial charge on any atom is 0.361 e. The standard InChI is InChI=1S/C23H19Cl2I2N3O4/c1-31-19-9-15-16(10-20(19)32-2)30(12-34-18-8-4-6-14(27)22(18)25)23(28)29(15)11-33-17-7-3-5-13(26)21(17)24/h3-10,28H,11-12H2,1-2H3/p+1. The fraction of sp³-hybridized carbons (Fsp3) is 0.174. The van der Waals surface area contributed by atoms with Crippen LogP contribution in [0.25, 0.3) is 11.0 Å². The average Bonchev–Trinajstić information content (AvgIpc) is 3.09. The number of aromatic nitrogens is 2. The van der Waals surface area contributed by atoms with Gasteiger partial charge in [-0.3, -0.25) is 5.73 Å². The number of halogens is 4. The van der Waals surface area contributed by atoms with Gasteiger partial charge in [0.2, 0.25) is 13.5 Å². The Morgan fingerprint density at radius 1 is 0.853 bits per heavy atom. The predicted octanol–water partition coefficient (Wildman–Crippen LogP) is 6.12. The van der Waals surface area contributed by atoms with E-state index in [0.717, 1.165) is 18.2 Å². The van der Waals surface area contributed by atoms with Gasteiger partial charge in [-0.25, -0.2) is 0 Å². The Hall–Kier alpha value is -1.83. The third-order valence-electron chi connectivity index (χ3n) is 5.15. The zero-order valence-electron chi connectivity index (χ0n) is 18.1. The monoisotopic (exact) mass is 726 g/mol. The number of ether oxygens (including phenoxy) is 4. The molecule has 7 nitrogen and oxygen atoms in total. The Morgan fingerprint density at radius 2 is 1.41 bits per heavy atom. The van der Waals surface area contributed by atoms with Crippen molar-refractivity contribution in [3.63, 3.8) is 0 Å². The van der Waals surface area contributed by atoms with Crippen LogP contribution in [0.4, 0.5) is 5.95 Å². The zero-order valence-corrected chi connectivity index (χ0v) is 24.0. The fourth-order valence-corrected chi connectivity index (χ4v) is 4.72. The topological polar surface area (TPSA) is 71.8 Å². The number of hydrogen-bond donors (Lipinski definition) is 1. The molecule has 1 aromatic heterocycles. The third-order valence-corrected chi connectivity index (χ3v) is 8.36. The molecule has 4 rings (SSSR count). The van der Waals surface area contributed by atoms with Gasteiger partial charge >= 0.3 is 5.95 Å². The Kier molecular flexibility index (Phi) is 8.05. The number of nitrogens with zero attached hydrogens (tertiary/aromatic N) is 2. The van der Waals surface area contributed by atoms with E-state index in [2.05, 4.69) is 45.2 Å². The minimum atomic E-state index is 0.120. The molecule has 0 atom stereocenters. The van der Waals surface area contributed by atoms with E-state index >= 15 is 0 Å². The summed E-state index contributed by atoms with van der Waals surface area (Å²) in [4.78, 5) is 0. The zero-order chi connectivity index (χ0) is 24.4. The summed E-state index contributed by atoms with van der Waals surface area (Å²) in [5, 5.41) is 1.09. The second-order valence-electron chi connectivity index (χ2n) is 7.06. The molecule has 4 aromatic rings. The number of methoxy groups -OCH3 is 2. The Morgan fingerprint density at radius 3 is 2.00 bits per heavy atom. The number of anilines is 1. The van der Waals surface area contributed by atoms with Crippen LogP contribution in [-0.4, -0.2) is 18.8 Å². The van der Waals surface area contributed by atoms with Crippen molar-refractivity contribution in [1.82, 2.24) is 4.57 Å². The lowest BCUT2D eigenvalue weighted by molar-refractivity contribution is -0.687. The third kappa shape index (κ3) is 4.93. The molecule has 2 N–H and O–H groups in total. The molecule has 0 saturated carbocycles. The normalized spacial score (nSPS) is 11.0. The molecule has 0 aliphatic carbocycles. The summed E-state index contributed by atoms with van der Waals surface area (Å²) in [5.41, 5.74) is 8.12. The number of rotatable bonds is 8. The molecule has 1 heterocycles. The van der Waals surface area contributed by atoms with Crippen molar-refractivity contribution in [1.29, 1.82) is 0 Å². The molecule has 0 unspecified atom stereocenters. The van der Waals surface area contributed by atoms with Gasteiger partial charge < -0.3 is 18.9 Å². The van der Waals surface area contributed by atoms with E-state index in [0.29, 0.717) is 39.0 Å². The molecule has 0 aliphatic rings. The first kappa shape index (κ1) is 25.3. The highest BCUT2D eigenvalue weighted by molar-refractivity contribution is 14.1. The molecule has 34 heavy (non-hydrogen) atoms. The second kappa shape index (κ2) is 10.8. The summed E-state index contributed by atoms with van der Waals surface area (Å²) in [5.74, 6) is 2.66. The van der Waals surface area contributed by atoms with Crippen LogP contribution in [0.3, 0.4) is 0 Å². The van der Waals surface area contributed by atoms with Crippen LogP contribution in [0, 0.1) is 7.14 Å². The van der Waals surface area contributed by atoms with Gasteiger partial charge in [-0.05, 0) is 69.4 Å². The van der Waals surface area contributed by atoms with Crippen molar-refractivity contribution in [2.75, 3.05) is 20.0 Å².